The zero-order chi connectivity index (χ0) is 11.5. The van der Waals surface area contributed by atoms with Gasteiger partial charge in [0.25, 0.3) is 0 Å². The molecule has 1 aliphatic rings. The Morgan fingerprint density at radius 1 is 1.44 bits per heavy atom. The van der Waals surface area contributed by atoms with Crippen molar-refractivity contribution in [3.63, 3.8) is 0 Å². The van der Waals surface area contributed by atoms with Crippen LogP contribution in [0.15, 0.2) is 24.3 Å². The highest BCUT2D eigenvalue weighted by Crippen LogP contribution is 2.14. The number of rotatable bonds is 3. The molecule has 0 radical (unpaired) electrons. The SMILES string of the molecule is C[C@@H](NC(=O)C1CNC1)c1ccc(F)cc1. The highest BCUT2D eigenvalue weighted by Gasteiger charge is 2.25. The first-order valence-corrected chi connectivity index (χ1v) is 5.43. The summed E-state index contributed by atoms with van der Waals surface area (Å²) in [4.78, 5) is 11.7. The lowest BCUT2D eigenvalue weighted by molar-refractivity contribution is -0.127. The Bertz CT molecular complexity index is 373. The molecule has 4 heteroatoms. The second-order valence-corrected chi connectivity index (χ2v) is 4.14. The third kappa shape index (κ3) is 2.39. The molecule has 1 aromatic rings. The second kappa shape index (κ2) is 4.61. The second-order valence-electron chi connectivity index (χ2n) is 4.14. The van der Waals surface area contributed by atoms with Gasteiger partial charge < -0.3 is 10.6 Å². The average Bonchev–Trinajstić information content (AvgIpc) is 2.15. The van der Waals surface area contributed by atoms with E-state index < -0.39 is 0 Å². The summed E-state index contributed by atoms with van der Waals surface area (Å²) in [5, 5.41) is 5.97. The molecule has 1 fully saturated rings. The maximum absolute atomic E-state index is 12.7. The van der Waals surface area contributed by atoms with E-state index in [4.69, 9.17) is 0 Å². The van der Waals surface area contributed by atoms with E-state index >= 15 is 0 Å². The van der Waals surface area contributed by atoms with Crippen molar-refractivity contribution in [1.29, 1.82) is 0 Å². The minimum atomic E-state index is -0.259. The smallest absolute Gasteiger partial charge is 0.226 e. The van der Waals surface area contributed by atoms with Crippen molar-refractivity contribution in [1.82, 2.24) is 10.6 Å². The lowest BCUT2D eigenvalue weighted by atomic mass is 10.0. The number of hydrogen-bond acceptors (Lipinski definition) is 2. The van der Waals surface area contributed by atoms with Gasteiger partial charge >= 0.3 is 0 Å². The van der Waals surface area contributed by atoms with Gasteiger partial charge in [0.05, 0.1) is 12.0 Å². The minimum Gasteiger partial charge on any atom is -0.349 e. The number of carbonyl (C=O) groups excluding carboxylic acids is 1. The summed E-state index contributed by atoms with van der Waals surface area (Å²) < 4.78 is 12.7. The zero-order valence-corrected chi connectivity index (χ0v) is 9.16. The Morgan fingerprint density at radius 3 is 2.56 bits per heavy atom. The summed E-state index contributed by atoms with van der Waals surface area (Å²) in [5.41, 5.74) is 0.919. The number of hydrogen-bond donors (Lipinski definition) is 2. The molecule has 0 unspecified atom stereocenters. The van der Waals surface area contributed by atoms with Gasteiger partial charge in [-0.2, -0.15) is 0 Å². The molecule has 2 rings (SSSR count). The van der Waals surface area contributed by atoms with Gasteiger partial charge in [-0.1, -0.05) is 12.1 Å². The van der Waals surface area contributed by atoms with Crippen molar-refractivity contribution in [2.45, 2.75) is 13.0 Å². The van der Waals surface area contributed by atoms with Gasteiger partial charge in [-0.25, -0.2) is 4.39 Å². The summed E-state index contributed by atoms with van der Waals surface area (Å²) in [6.45, 7) is 3.40. The average molecular weight is 222 g/mol. The van der Waals surface area contributed by atoms with Crippen LogP contribution in [0.5, 0.6) is 0 Å². The lowest BCUT2D eigenvalue weighted by Crippen LogP contribution is -2.51. The van der Waals surface area contributed by atoms with E-state index in [1.54, 1.807) is 12.1 Å². The molecule has 1 atom stereocenters. The molecule has 1 saturated heterocycles. The molecule has 1 aromatic carbocycles. The molecule has 2 N–H and O–H groups in total. The fourth-order valence-corrected chi connectivity index (χ4v) is 1.64. The molecule has 0 bridgehead atoms. The van der Waals surface area contributed by atoms with E-state index in [9.17, 15) is 9.18 Å². The molecule has 0 aliphatic carbocycles. The van der Waals surface area contributed by atoms with E-state index in [2.05, 4.69) is 10.6 Å². The van der Waals surface area contributed by atoms with E-state index in [1.165, 1.54) is 12.1 Å². The Morgan fingerprint density at radius 2 is 2.06 bits per heavy atom. The topological polar surface area (TPSA) is 41.1 Å². The molecule has 1 amide bonds. The number of halogens is 1. The lowest BCUT2D eigenvalue weighted by Gasteiger charge is -2.27. The summed E-state index contributed by atoms with van der Waals surface area (Å²) in [7, 11) is 0. The largest absolute Gasteiger partial charge is 0.349 e. The first-order chi connectivity index (χ1) is 7.66. The number of amides is 1. The third-order valence-electron chi connectivity index (χ3n) is 2.88. The Labute approximate surface area is 94.0 Å². The van der Waals surface area contributed by atoms with Crippen LogP contribution in [0.25, 0.3) is 0 Å². The van der Waals surface area contributed by atoms with Crippen molar-refractivity contribution in [2.24, 2.45) is 5.92 Å². The van der Waals surface area contributed by atoms with E-state index in [1.807, 2.05) is 6.92 Å². The molecule has 86 valence electrons. The van der Waals surface area contributed by atoms with Gasteiger partial charge in [0.2, 0.25) is 5.91 Å². The fraction of sp³-hybridized carbons (Fsp3) is 0.417. The monoisotopic (exact) mass is 222 g/mol. The summed E-state index contributed by atoms with van der Waals surface area (Å²) >= 11 is 0. The molecule has 0 saturated carbocycles. The molecule has 3 nitrogen and oxygen atoms in total. The van der Waals surface area contributed by atoms with Crippen LogP contribution in [0, 0.1) is 11.7 Å². The molecule has 1 aliphatic heterocycles. The first-order valence-electron chi connectivity index (χ1n) is 5.43. The molecular formula is C12H15FN2O. The number of nitrogens with one attached hydrogen (secondary N) is 2. The molecule has 16 heavy (non-hydrogen) atoms. The molecule has 1 heterocycles. The maximum atomic E-state index is 12.7. The highest BCUT2D eigenvalue weighted by molar-refractivity contribution is 5.80. The van der Waals surface area contributed by atoms with Gasteiger partial charge in [-0.05, 0) is 24.6 Å². The van der Waals surface area contributed by atoms with E-state index in [0.717, 1.165) is 18.7 Å². The number of benzene rings is 1. The van der Waals surface area contributed by atoms with Crippen LogP contribution < -0.4 is 10.6 Å². The van der Waals surface area contributed by atoms with Crippen molar-refractivity contribution < 1.29 is 9.18 Å². The van der Waals surface area contributed by atoms with Crippen LogP contribution >= 0.6 is 0 Å². The first kappa shape index (κ1) is 11.1. The van der Waals surface area contributed by atoms with Crippen molar-refractivity contribution >= 4 is 5.91 Å². The van der Waals surface area contributed by atoms with Crippen LogP contribution in [-0.2, 0) is 4.79 Å². The van der Waals surface area contributed by atoms with Crippen molar-refractivity contribution in [2.75, 3.05) is 13.1 Å². The molecule has 0 spiro atoms. The van der Waals surface area contributed by atoms with Crippen LogP contribution in [-0.4, -0.2) is 19.0 Å². The zero-order valence-electron chi connectivity index (χ0n) is 9.16. The van der Waals surface area contributed by atoms with Crippen LogP contribution in [0.4, 0.5) is 4.39 Å². The Balaban J connectivity index is 1.94. The quantitative estimate of drug-likeness (QED) is 0.807. The van der Waals surface area contributed by atoms with Gasteiger partial charge in [0.15, 0.2) is 0 Å². The Hall–Kier alpha value is -1.42. The predicted molar refractivity (Wildman–Crippen MR) is 59.3 cm³/mol. The summed E-state index contributed by atoms with van der Waals surface area (Å²) in [6.07, 6.45) is 0. The minimum absolute atomic E-state index is 0.0653. The van der Waals surface area contributed by atoms with Crippen LogP contribution in [0.2, 0.25) is 0 Å². The normalized spacial score (nSPS) is 17.6. The van der Waals surface area contributed by atoms with Crippen LogP contribution in [0.1, 0.15) is 18.5 Å². The predicted octanol–water partition coefficient (Wildman–Crippen LogP) is 1.22. The highest BCUT2D eigenvalue weighted by atomic mass is 19.1. The third-order valence-corrected chi connectivity index (χ3v) is 2.88. The maximum Gasteiger partial charge on any atom is 0.226 e. The summed E-state index contributed by atoms with van der Waals surface area (Å²) in [5.74, 6) is -0.107. The van der Waals surface area contributed by atoms with Gasteiger partial charge in [0, 0.05) is 13.1 Å². The fourth-order valence-electron chi connectivity index (χ4n) is 1.64. The molecule has 0 aromatic heterocycles. The number of carbonyl (C=O) groups is 1. The van der Waals surface area contributed by atoms with Gasteiger partial charge in [-0.15, -0.1) is 0 Å². The van der Waals surface area contributed by atoms with Crippen LogP contribution in [0.3, 0.4) is 0 Å². The van der Waals surface area contributed by atoms with E-state index in [-0.39, 0.29) is 23.7 Å². The van der Waals surface area contributed by atoms with Gasteiger partial charge in [0.1, 0.15) is 5.82 Å². The standard InChI is InChI=1S/C12H15FN2O/c1-8(9-2-4-11(13)5-3-9)15-12(16)10-6-14-7-10/h2-5,8,10,14H,6-7H2,1H3,(H,15,16)/t8-/m1/s1. The molecular weight excluding hydrogens is 207 g/mol. The van der Waals surface area contributed by atoms with Crippen molar-refractivity contribution in [3.05, 3.63) is 35.6 Å². The Kier molecular flexibility index (Phi) is 3.19. The van der Waals surface area contributed by atoms with E-state index in [0.29, 0.717) is 0 Å². The summed E-state index contributed by atoms with van der Waals surface area (Å²) in [6, 6.07) is 6.12. The van der Waals surface area contributed by atoms with Gasteiger partial charge in [-0.3, -0.25) is 4.79 Å². The van der Waals surface area contributed by atoms with Crippen molar-refractivity contribution in [3.8, 4) is 0 Å².